The summed E-state index contributed by atoms with van der Waals surface area (Å²) in [6, 6.07) is 4.70. The molecule has 23 heavy (non-hydrogen) atoms. The van der Waals surface area contributed by atoms with Gasteiger partial charge in [-0.25, -0.2) is 4.79 Å². The highest BCUT2D eigenvalue weighted by Gasteiger charge is 2.21. The van der Waals surface area contributed by atoms with Crippen LogP contribution >= 0.6 is 11.6 Å². The summed E-state index contributed by atoms with van der Waals surface area (Å²) in [4.78, 5) is 23.4. The first kappa shape index (κ1) is 17.0. The van der Waals surface area contributed by atoms with Crippen molar-refractivity contribution in [3.63, 3.8) is 0 Å². The van der Waals surface area contributed by atoms with Gasteiger partial charge in [-0.3, -0.25) is 9.48 Å². The van der Waals surface area contributed by atoms with E-state index in [0.717, 1.165) is 5.56 Å². The molecule has 0 fully saturated rings. The maximum absolute atomic E-state index is 12.4. The van der Waals surface area contributed by atoms with E-state index in [0.29, 0.717) is 16.8 Å². The van der Waals surface area contributed by atoms with Gasteiger partial charge in [-0.1, -0.05) is 23.7 Å². The summed E-state index contributed by atoms with van der Waals surface area (Å²) in [5, 5.41) is 16.3. The zero-order valence-corrected chi connectivity index (χ0v) is 14.1. The molecule has 1 aromatic carbocycles. The number of halogens is 1. The lowest BCUT2D eigenvalue weighted by molar-refractivity contribution is 0.0695. The van der Waals surface area contributed by atoms with E-state index in [1.54, 1.807) is 33.0 Å². The lowest BCUT2D eigenvalue weighted by Crippen LogP contribution is -2.27. The Morgan fingerprint density at radius 3 is 2.48 bits per heavy atom. The van der Waals surface area contributed by atoms with E-state index in [2.05, 4.69) is 10.4 Å². The third kappa shape index (κ3) is 3.37. The number of nitrogens with zero attached hydrogens (tertiary/aromatic N) is 2. The van der Waals surface area contributed by atoms with Crippen LogP contribution in [0.5, 0.6) is 0 Å². The number of aromatic carboxylic acids is 1. The minimum absolute atomic E-state index is 0.249. The van der Waals surface area contributed by atoms with Crippen LogP contribution in [-0.2, 0) is 7.05 Å². The van der Waals surface area contributed by atoms with Crippen LogP contribution in [0.1, 0.15) is 50.5 Å². The van der Waals surface area contributed by atoms with Gasteiger partial charge in [0.1, 0.15) is 5.15 Å². The molecular weight excluding hydrogens is 318 g/mol. The molecule has 0 radical (unpaired) electrons. The minimum Gasteiger partial charge on any atom is -0.478 e. The molecule has 2 aromatic rings. The van der Waals surface area contributed by atoms with Crippen molar-refractivity contribution < 1.29 is 14.7 Å². The van der Waals surface area contributed by atoms with Crippen LogP contribution in [0.3, 0.4) is 0 Å². The first-order valence-electron chi connectivity index (χ1n) is 7.06. The van der Waals surface area contributed by atoms with E-state index < -0.39 is 5.97 Å². The fraction of sp³-hybridized carbons (Fsp3) is 0.312. The van der Waals surface area contributed by atoms with Crippen LogP contribution in [-0.4, -0.2) is 26.8 Å². The van der Waals surface area contributed by atoms with Crippen molar-refractivity contribution in [1.29, 1.82) is 0 Å². The summed E-state index contributed by atoms with van der Waals surface area (Å²) in [5.74, 6) is -1.28. The molecule has 122 valence electrons. The average molecular weight is 336 g/mol. The van der Waals surface area contributed by atoms with Gasteiger partial charge < -0.3 is 10.4 Å². The Morgan fingerprint density at radius 2 is 2.00 bits per heavy atom. The molecule has 0 aliphatic rings. The lowest BCUT2D eigenvalue weighted by atomic mass is 10.0. The van der Waals surface area contributed by atoms with E-state index in [9.17, 15) is 9.59 Å². The van der Waals surface area contributed by atoms with Crippen molar-refractivity contribution in [2.24, 2.45) is 7.05 Å². The highest BCUT2D eigenvalue weighted by Crippen LogP contribution is 2.21. The van der Waals surface area contributed by atoms with Gasteiger partial charge in [0.2, 0.25) is 0 Å². The normalized spacial score (nSPS) is 12.0. The number of aromatic nitrogens is 2. The maximum Gasteiger partial charge on any atom is 0.335 e. The Morgan fingerprint density at radius 1 is 1.35 bits per heavy atom. The number of rotatable bonds is 4. The second kappa shape index (κ2) is 6.42. The Hall–Kier alpha value is -2.34. The molecule has 2 N–H and O–H groups in total. The molecule has 1 atom stereocenters. The van der Waals surface area contributed by atoms with Crippen molar-refractivity contribution >= 4 is 23.5 Å². The number of nitrogens with one attached hydrogen (secondary N) is 1. The molecule has 0 aliphatic heterocycles. The van der Waals surface area contributed by atoms with Crippen molar-refractivity contribution in [3.05, 3.63) is 51.3 Å². The van der Waals surface area contributed by atoms with Gasteiger partial charge in [-0.15, -0.1) is 0 Å². The van der Waals surface area contributed by atoms with E-state index >= 15 is 0 Å². The number of aryl methyl sites for hydroxylation is 3. The topological polar surface area (TPSA) is 84.2 Å². The SMILES string of the molecule is Cc1cc(C(C)NC(=O)c2c(C)nn(C)c2Cl)ccc1C(=O)O. The number of carboxylic acid groups (broad SMARTS) is 1. The largest absolute Gasteiger partial charge is 0.478 e. The Labute approximate surface area is 139 Å². The number of carbonyl (C=O) groups excluding carboxylic acids is 1. The molecule has 1 heterocycles. The summed E-state index contributed by atoms with van der Waals surface area (Å²) in [5.41, 5.74) is 2.61. The molecule has 1 amide bonds. The Balaban J connectivity index is 2.22. The summed E-state index contributed by atoms with van der Waals surface area (Å²) in [6.45, 7) is 5.27. The molecule has 0 saturated heterocycles. The van der Waals surface area contributed by atoms with Gasteiger partial charge in [0.15, 0.2) is 0 Å². The number of carbonyl (C=O) groups is 2. The molecule has 1 aromatic heterocycles. The molecule has 0 saturated carbocycles. The number of benzene rings is 1. The molecule has 0 aliphatic carbocycles. The molecule has 1 unspecified atom stereocenters. The van der Waals surface area contributed by atoms with Gasteiger partial charge >= 0.3 is 5.97 Å². The van der Waals surface area contributed by atoms with Crippen molar-refractivity contribution in [2.75, 3.05) is 0 Å². The highest BCUT2D eigenvalue weighted by molar-refractivity contribution is 6.33. The number of carboxylic acids is 1. The number of hydrogen-bond acceptors (Lipinski definition) is 3. The second-order valence-corrected chi connectivity index (χ2v) is 5.81. The van der Waals surface area contributed by atoms with Crippen molar-refractivity contribution in [3.8, 4) is 0 Å². The van der Waals surface area contributed by atoms with E-state index in [-0.39, 0.29) is 22.7 Å². The van der Waals surface area contributed by atoms with Gasteiger partial charge in [0, 0.05) is 7.05 Å². The quantitative estimate of drug-likeness (QED) is 0.899. The third-order valence-electron chi connectivity index (χ3n) is 3.71. The van der Waals surface area contributed by atoms with Crippen LogP contribution in [0, 0.1) is 13.8 Å². The summed E-state index contributed by atoms with van der Waals surface area (Å²) in [6.07, 6.45) is 0. The maximum atomic E-state index is 12.4. The van der Waals surface area contributed by atoms with Crippen molar-refractivity contribution in [2.45, 2.75) is 26.8 Å². The fourth-order valence-corrected chi connectivity index (χ4v) is 2.70. The van der Waals surface area contributed by atoms with Crippen LogP contribution in [0.15, 0.2) is 18.2 Å². The van der Waals surface area contributed by atoms with Crippen LogP contribution in [0.2, 0.25) is 5.15 Å². The van der Waals surface area contributed by atoms with Crippen LogP contribution in [0.25, 0.3) is 0 Å². The number of amides is 1. The predicted octanol–water partition coefficient (Wildman–Crippen LogP) is 2.88. The standard InChI is InChI=1S/C16H18ClN3O3/c1-8-7-11(5-6-12(8)16(22)23)9(2)18-15(21)13-10(3)19-20(4)14(13)17/h5-7,9H,1-4H3,(H,18,21)(H,22,23). The van der Waals surface area contributed by atoms with E-state index in [1.165, 1.54) is 10.7 Å². The second-order valence-electron chi connectivity index (χ2n) is 5.45. The summed E-state index contributed by atoms with van der Waals surface area (Å²) >= 11 is 6.09. The molecule has 2 rings (SSSR count). The minimum atomic E-state index is -0.969. The van der Waals surface area contributed by atoms with Gasteiger partial charge in [-0.2, -0.15) is 5.10 Å². The number of hydrogen-bond donors (Lipinski definition) is 2. The fourth-order valence-electron chi connectivity index (χ4n) is 2.44. The Bertz CT molecular complexity index is 783. The molecule has 6 nitrogen and oxygen atoms in total. The molecule has 7 heteroatoms. The first-order chi connectivity index (χ1) is 10.7. The smallest absolute Gasteiger partial charge is 0.335 e. The third-order valence-corrected chi connectivity index (χ3v) is 4.14. The van der Waals surface area contributed by atoms with E-state index in [1.807, 2.05) is 6.92 Å². The zero-order valence-electron chi connectivity index (χ0n) is 13.3. The predicted molar refractivity (Wildman–Crippen MR) is 87.0 cm³/mol. The first-order valence-corrected chi connectivity index (χ1v) is 7.44. The highest BCUT2D eigenvalue weighted by atomic mass is 35.5. The average Bonchev–Trinajstić information content (AvgIpc) is 2.71. The summed E-state index contributed by atoms with van der Waals surface area (Å²) in [7, 11) is 1.67. The van der Waals surface area contributed by atoms with Gasteiger partial charge in [0.05, 0.1) is 22.9 Å². The van der Waals surface area contributed by atoms with Crippen LogP contribution < -0.4 is 5.32 Å². The summed E-state index contributed by atoms with van der Waals surface area (Å²) < 4.78 is 1.45. The van der Waals surface area contributed by atoms with Gasteiger partial charge in [-0.05, 0) is 38.0 Å². The lowest BCUT2D eigenvalue weighted by Gasteiger charge is -2.15. The van der Waals surface area contributed by atoms with Crippen molar-refractivity contribution in [1.82, 2.24) is 15.1 Å². The molecule has 0 spiro atoms. The molecular formula is C16H18ClN3O3. The zero-order chi connectivity index (χ0) is 17.3. The Kier molecular flexibility index (Phi) is 4.75. The monoisotopic (exact) mass is 335 g/mol. The van der Waals surface area contributed by atoms with Gasteiger partial charge in [0.25, 0.3) is 5.91 Å². The van der Waals surface area contributed by atoms with Crippen LogP contribution in [0.4, 0.5) is 0 Å². The molecule has 0 bridgehead atoms. The van der Waals surface area contributed by atoms with E-state index in [4.69, 9.17) is 16.7 Å².